The molecule has 1 saturated heterocycles. The number of urea groups is 1. The molecule has 0 spiro atoms. The zero-order valence-electron chi connectivity index (χ0n) is 15.7. The molecule has 31 heavy (non-hydrogen) atoms. The Hall–Kier alpha value is -2.77. The molecule has 0 radical (unpaired) electrons. The lowest BCUT2D eigenvalue weighted by molar-refractivity contribution is -0.147. The second kappa shape index (κ2) is 11.0. The van der Waals surface area contributed by atoms with E-state index in [1.807, 2.05) is 0 Å². The van der Waals surface area contributed by atoms with E-state index in [0.29, 0.717) is 10.5 Å². The summed E-state index contributed by atoms with van der Waals surface area (Å²) in [6, 6.07) is 4.70. The molecule has 1 fully saturated rings. The third-order valence-electron chi connectivity index (χ3n) is 3.80. The molecular formula is C16H17Cl2N3O9S. The Balaban J connectivity index is 2.01. The Morgan fingerprint density at radius 2 is 1.77 bits per heavy atom. The summed E-state index contributed by atoms with van der Waals surface area (Å²) < 4.78 is 37.9. The summed E-state index contributed by atoms with van der Waals surface area (Å²) in [6.07, 6.45) is -2.13. The molecule has 15 heteroatoms. The quantitative estimate of drug-likeness (QED) is 0.232. The highest BCUT2D eigenvalue weighted by molar-refractivity contribution is 8.12. The van der Waals surface area contributed by atoms with Gasteiger partial charge in [0.2, 0.25) is 0 Å². The lowest BCUT2D eigenvalue weighted by atomic mass is 9.96. The van der Waals surface area contributed by atoms with Crippen LogP contribution in [0, 0.1) is 0 Å². The molecule has 0 unspecified atom stereocenters. The van der Waals surface area contributed by atoms with Crippen LogP contribution in [0.5, 0.6) is 0 Å². The number of nitrogens with one attached hydrogen (secondary N) is 2. The third kappa shape index (κ3) is 7.45. The van der Waals surface area contributed by atoms with Gasteiger partial charge in [-0.15, -0.1) is 11.6 Å². The number of imide groups is 1. The lowest BCUT2D eigenvalue weighted by Gasteiger charge is -2.44. The number of ether oxygens (including phenoxy) is 3. The first-order valence-corrected chi connectivity index (χ1v) is 11.4. The number of alkyl carbamates (subject to hydrolysis) is 1. The number of β-lactam (4-membered cyclic amide) rings is 1. The number of hydrogen-bond donors (Lipinski definition) is 2. The van der Waals surface area contributed by atoms with Crippen molar-refractivity contribution in [1.82, 2.24) is 14.9 Å². The number of alkyl halides is 1. The highest BCUT2D eigenvalue weighted by Gasteiger charge is 2.53. The second-order valence-corrected chi connectivity index (χ2v) is 8.58. The zero-order valence-corrected chi connectivity index (χ0v) is 18.0. The minimum absolute atomic E-state index is 0.0105. The van der Waals surface area contributed by atoms with Crippen molar-refractivity contribution in [2.75, 3.05) is 19.1 Å². The van der Waals surface area contributed by atoms with E-state index < -0.39 is 52.1 Å². The van der Waals surface area contributed by atoms with Crippen LogP contribution in [0.25, 0.3) is 0 Å². The van der Waals surface area contributed by atoms with Crippen molar-refractivity contribution >= 4 is 55.7 Å². The van der Waals surface area contributed by atoms with Crippen molar-refractivity contribution in [3.8, 4) is 0 Å². The number of halogens is 2. The summed E-state index contributed by atoms with van der Waals surface area (Å²) in [5.74, 6) is -0.964. The van der Waals surface area contributed by atoms with E-state index in [-0.39, 0.29) is 19.1 Å². The van der Waals surface area contributed by atoms with Crippen LogP contribution >= 0.6 is 22.3 Å². The first-order valence-electron chi connectivity index (χ1n) is 8.54. The fourth-order valence-electron chi connectivity index (χ4n) is 2.49. The van der Waals surface area contributed by atoms with Crippen LogP contribution in [-0.2, 0) is 34.8 Å². The van der Waals surface area contributed by atoms with Crippen molar-refractivity contribution in [2.45, 2.75) is 18.7 Å². The van der Waals surface area contributed by atoms with Gasteiger partial charge >= 0.3 is 27.5 Å². The first kappa shape index (κ1) is 24.5. The Morgan fingerprint density at radius 3 is 2.39 bits per heavy atom. The van der Waals surface area contributed by atoms with Crippen LogP contribution in [0.4, 0.5) is 14.4 Å². The van der Waals surface area contributed by atoms with Gasteiger partial charge in [-0.2, -0.15) is 8.42 Å². The molecule has 0 saturated carbocycles. The number of likely N-dealkylation sites (tertiary alicyclic amines) is 1. The minimum Gasteiger partial charge on any atom is -0.445 e. The van der Waals surface area contributed by atoms with Crippen LogP contribution in [0.15, 0.2) is 30.3 Å². The average Bonchev–Trinajstić information content (AvgIpc) is 2.71. The number of benzene rings is 1. The van der Waals surface area contributed by atoms with Crippen molar-refractivity contribution in [3.63, 3.8) is 0 Å². The largest absolute Gasteiger partial charge is 0.508 e. The van der Waals surface area contributed by atoms with Gasteiger partial charge in [-0.3, -0.25) is 9.69 Å². The molecule has 2 rings (SSSR count). The normalized spacial score (nSPS) is 17.9. The van der Waals surface area contributed by atoms with Crippen LogP contribution in [0.1, 0.15) is 5.56 Å². The van der Waals surface area contributed by atoms with E-state index in [1.54, 1.807) is 30.3 Å². The van der Waals surface area contributed by atoms with E-state index in [4.69, 9.17) is 31.8 Å². The molecule has 0 aliphatic carbocycles. The number of hydrogen-bond acceptors (Lipinski definition) is 9. The van der Waals surface area contributed by atoms with Crippen LogP contribution in [0.2, 0.25) is 0 Å². The van der Waals surface area contributed by atoms with Gasteiger partial charge in [0.15, 0.2) is 0 Å². The number of rotatable bonds is 8. The van der Waals surface area contributed by atoms with E-state index in [0.717, 1.165) is 0 Å². The first-order chi connectivity index (χ1) is 14.6. The van der Waals surface area contributed by atoms with E-state index in [2.05, 4.69) is 10.1 Å². The summed E-state index contributed by atoms with van der Waals surface area (Å²) in [5, 5.41) is 2.23. The Labute approximate surface area is 186 Å². The van der Waals surface area contributed by atoms with Crippen molar-refractivity contribution in [1.29, 1.82) is 0 Å². The second-order valence-electron chi connectivity index (χ2n) is 5.90. The standard InChI is InChI=1S/C16H17Cl2N3O9S/c17-6-7-28-16(25)30-9-11-12(13(22)21(11)14(23)20-31(18,26)27)19-15(24)29-8-10-4-2-1-3-5-10/h1-5,11-12H,6-9H2,(H,19,24)(H,20,23)/t11-,12+/m1/s1. The maximum atomic E-state index is 12.3. The molecule has 12 nitrogen and oxygen atoms in total. The monoisotopic (exact) mass is 497 g/mol. The zero-order chi connectivity index (χ0) is 23.0. The fraction of sp³-hybridized carbons (Fsp3) is 0.375. The van der Waals surface area contributed by atoms with Gasteiger partial charge in [-0.1, -0.05) is 30.3 Å². The highest BCUT2D eigenvalue weighted by atomic mass is 35.7. The Bertz CT molecular complexity index is 930. The van der Waals surface area contributed by atoms with Gasteiger partial charge in [0, 0.05) is 10.7 Å². The van der Waals surface area contributed by atoms with Crippen LogP contribution in [0.3, 0.4) is 0 Å². The molecule has 1 aliphatic heterocycles. The molecule has 1 aromatic rings. The lowest BCUT2D eigenvalue weighted by Crippen LogP contribution is -2.74. The molecular weight excluding hydrogens is 481 g/mol. The van der Waals surface area contributed by atoms with Crippen LogP contribution < -0.4 is 10.0 Å². The topological polar surface area (TPSA) is 157 Å². The summed E-state index contributed by atoms with van der Waals surface area (Å²) >= 11 is 5.38. The summed E-state index contributed by atoms with van der Waals surface area (Å²) in [4.78, 5) is 48.3. The van der Waals surface area contributed by atoms with Crippen molar-refractivity contribution in [2.24, 2.45) is 0 Å². The summed E-state index contributed by atoms with van der Waals surface area (Å²) in [5.41, 5.74) is 0.688. The molecule has 2 atom stereocenters. The van der Waals surface area contributed by atoms with E-state index in [1.165, 1.54) is 4.72 Å². The third-order valence-corrected chi connectivity index (χ3v) is 4.61. The predicted molar refractivity (Wildman–Crippen MR) is 106 cm³/mol. The van der Waals surface area contributed by atoms with Crippen molar-refractivity contribution in [3.05, 3.63) is 35.9 Å². The SMILES string of the molecule is O=C(N[C@@H]1C(=O)N(C(=O)NS(=O)(=O)Cl)[C@@H]1COC(=O)OCCCl)OCc1ccccc1. The Kier molecular flexibility index (Phi) is 8.71. The summed E-state index contributed by atoms with van der Waals surface area (Å²) in [6.45, 7) is -0.841. The van der Waals surface area contributed by atoms with Gasteiger partial charge < -0.3 is 19.5 Å². The molecule has 170 valence electrons. The van der Waals surface area contributed by atoms with E-state index >= 15 is 0 Å². The van der Waals surface area contributed by atoms with Gasteiger partial charge in [-0.05, 0) is 5.56 Å². The van der Waals surface area contributed by atoms with Gasteiger partial charge in [0.25, 0.3) is 5.91 Å². The summed E-state index contributed by atoms with van der Waals surface area (Å²) in [7, 11) is 0.453. The molecule has 0 bridgehead atoms. The molecule has 2 N–H and O–H groups in total. The number of carbonyl (C=O) groups excluding carboxylic acids is 4. The molecule has 0 aromatic heterocycles. The molecule has 1 aliphatic rings. The molecule has 1 heterocycles. The minimum atomic E-state index is -4.49. The fourth-order valence-corrected chi connectivity index (χ4v) is 3.07. The van der Waals surface area contributed by atoms with Crippen molar-refractivity contribution < 1.29 is 41.8 Å². The Morgan fingerprint density at radius 1 is 1.10 bits per heavy atom. The van der Waals surface area contributed by atoms with E-state index in [9.17, 15) is 27.6 Å². The average molecular weight is 498 g/mol. The number of carbonyl (C=O) groups is 4. The predicted octanol–water partition coefficient (Wildman–Crippen LogP) is 1.08. The van der Waals surface area contributed by atoms with Crippen LogP contribution in [-0.4, -0.2) is 68.7 Å². The highest BCUT2D eigenvalue weighted by Crippen LogP contribution is 2.22. The maximum absolute atomic E-state index is 12.3. The maximum Gasteiger partial charge on any atom is 0.508 e. The van der Waals surface area contributed by atoms with Gasteiger partial charge in [0.1, 0.15) is 31.9 Å². The van der Waals surface area contributed by atoms with Gasteiger partial charge in [-0.25, -0.2) is 19.1 Å². The smallest absolute Gasteiger partial charge is 0.445 e. The number of nitrogens with zero attached hydrogens (tertiary/aromatic N) is 1. The molecule has 4 amide bonds. The molecule has 1 aromatic carbocycles. The van der Waals surface area contributed by atoms with Gasteiger partial charge in [0.05, 0.1) is 5.88 Å². The number of amides is 4.